The fourth-order valence-electron chi connectivity index (χ4n) is 2.50. The van der Waals surface area contributed by atoms with E-state index in [-0.39, 0.29) is 5.91 Å². The molecule has 1 radical (unpaired) electrons. The van der Waals surface area contributed by atoms with Crippen LogP contribution in [-0.4, -0.2) is 30.0 Å². The van der Waals surface area contributed by atoms with E-state index in [0.29, 0.717) is 10.5 Å². The molecule has 0 aromatic heterocycles. The Kier molecular flexibility index (Phi) is 3.34. The zero-order valence-corrected chi connectivity index (χ0v) is 10.8. The minimum atomic E-state index is 0.259. The van der Waals surface area contributed by atoms with Crippen molar-refractivity contribution in [2.24, 2.45) is 0 Å². The summed E-state index contributed by atoms with van der Waals surface area (Å²) in [4.78, 5) is 12.6. The highest BCUT2D eigenvalue weighted by atomic mass is 16.2. The van der Waals surface area contributed by atoms with E-state index in [1.54, 1.807) is 0 Å². The number of carbonyl (C=O) groups excluding carboxylic acids is 1. The molecule has 1 saturated carbocycles. The van der Waals surface area contributed by atoms with Gasteiger partial charge in [-0.3, -0.25) is 4.48 Å². The predicted molar refractivity (Wildman–Crippen MR) is 69.6 cm³/mol. The fourth-order valence-corrected chi connectivity index (χ4v) is 2.50. The molecule has 2 rings (SSSR count). The SMILES string of the molecule is [CH2]c1ccc(C(=O)[N+](C)(CCC)C2CC2)cc1. The summed E-state index contributed by atoms with van der Waals surface area (Å²) in [6, 6.07) is 8.17. The predicted octanol–water partition coefficient (Wildman–Crippen LogP) is 3.03. The molecule has 1 aromatic carbocycles. The fraction of sp³-hybridized carbons (Fsp3) is 0.467. The first-order valence-corrected chi connectivity index (χ1v) is 6.40. The van der Waals surface area contributed by atoms with E-state index in [2.05, 4.69) is 20.9 Å². The second kappa shape index (κ2) is 4.61. The number of carbonyl (C=O) groups is 1. The number of quaternary nitrogens is 1. The standard InChI is InChI=1S/C15H21NO/c1-4-11-16(3,14-9-10-14)15(17)13-7-5-12(2)6-8-13/h5-8,14H,2,4,9-11H2,1,3H3/q+1. The van der Waals surface area contributed by atoms with Gasteiger partial charge in [-0.25, -0.2) is 4.79 Å². The number of hydrogen-bond acceptors (Lipinski definition) is 1. The van der Waals surface area contributed by atoms with Crippen molar-refractivity contribution in [2.75, 3.05) is 13.6 Å². The lowest BCUT2D eigenvalue weighted by Gasteiger charge is -2.31. The lowest BCUT2D eigenvalue weighted by atomic mass is 10.1. The molecule has 1 aromatic rings. The average Bonchev–Trinajstić information content (AvgIpc) is 3.13. The van der Waals surface area contributed by atoms with E-state index in [4.69, 9.17) is 0 Å². The van der Waals surface area contributed by atoms with Gasteiger partial charge in [0.1, 0.15) is 0 Å². The summed E-state index contributed by atoms with van der Waals surface area (Å²) >= 11 is 0. The van der Waals surface area contributed by atoms with E-state index in [1.807, 2.05) is 24.3 Å². The summed E-state index contributed by atoms with van der Waals surface area (Å²) in [6.07, 6.45) is 3.43. The highest BCUT2D eigenvalue weighted by molar-refractivity contribution is 5.89. The molecule has 0 bridgehead atoms. The van der Waals surface area contributed by atoms with Gasteiger partial charge in [0.25, 0.3) is 0 Å². The minimum Gasteiger partial charge on any atom is -0.256 e. The van der Waals surface area contributed by atoms with Gasteiger partial charge in [-0.05, 0) is 31.0 Å². The van der Waals surface area contributed by atoms with Crippen LogP contribution in [0.4, 0.5) is 0 Å². The maximum absolute atomic E-state index is 12.6. The summed E-state index contributed by atoms with van der Waals surface area (Å²) in [5.41, 5.74) is 1.78. The van der Waals surface area contributed by atoms with Crippen molar-refractivity contribution in [3.63, 3.8) is 0 Å². The first-order valence-electron chi connectivity index (χ1n) is 6.40. The Labute approximate surface area is 104 Å². The highest BCUT2D eigenvalue weighted by Crippen LogP contribution is 2.34. The lowest BCUT2D eigenvalue weighted by Crippen LogP contribution is -2.51. The maximum atomic E-state index is 12.6. The van der Waals surface area contributed by atoms with Gasteiger partial charge >= 0.3 is 5.91 Å². The van der Waals surface area contributed by atoms with Gasteiger partial charge in [0.05, 0.1) is 25.2 Å². The Bertz CT molecular complexity index is 405. The topological polar surface area (TPSA) is 17.1 Å². The Balaban J connectivity index is 2.24. The van der Waals surface area contributed by atoms with Crippen LogP contribution >= 0.6 is 0 Å². The number of rotatable bonds is 4. The van der Waals surface area contributed by atoms with Crippen LogP contribution in [0.2, 0.25) is 0 Å². The number of hydrogen-bond donors (Lipinski definition) is 0. The summed E-state index contributed by atoms with van der Waals surface area (Å²) in [6.45, 7) is 6.93. The Morgan fingerprint density at radius 1 is 1.35 bits per heavy atom. The molecule has 1 aliphatic carbocycles. The van der Waals surface area contributed by atoms with Crippen molar-refractivity contribution < 1.29 is 9.28 Å². The largest absolute Gasteiger partial charge is 0.345 e. The molecule has 0 N–H and O–H groups in total. The Hall–Kier alpha value is -1.15. The van der Waals surface area contributed by atoms with Gasteiger partial charge in [-0.1, -0.05) is 19.1 Å². The molecule has 1 unspecified atom stereocenters. The van der Waals surface area contributed by atoms with Gasteiger partial charge in [0.15, 0.2) is 0 Å². The zero-order chi connectivity index (χ0) is 12.5. The van der Waals surface area contributed by atoms with Crippen molar-refractivity contribution in [1.82, 2.24) is 0 Å². The first-order chi connectivity index (χ1) is 8.08. The molecule has 0 heterocycles. The molecule has 91 valence electrons. The van der Waals surface area contributed by atoms with Crippen molar-refractivity contribution in [3.8, 4) is 0 Å². The summed E-state index contributed by atoms with van der Waals surface area (Å²) in [5, 5.41) is 0. The van der Waals surface area contributed by atoms with Crippen LogP contribution < -0.4 is 0 Å². The smallest absolute Gasteiger partial charge is 0.256 e. The average molecular weight is 231 g/mol. The van der Waals surface area contributed by atoms with Crippen molar-refractivity contribution in [2.45, 2.75) is 32.2 Å². The highest BCUT2D eigenvalue weighted by Gasteiger charge is 2.46. The number of amides is 1. The second-order valence-corrected chi connectivity index (χ2v) is 5.22. The van der Waals surface area contributed by atoms with Crippen LogP contribution in [0.1, 0.15) is 42.1 Å². The Morgan fingerprint density at radius 2 is 1.94 bits per heavy atom. The lowest BCUT2D eigenvalue weighted by molar-refractivity contribution is -0.840. The van der Waals surface area contributed by atoms with Gasteiger partial charge < -0.3 is 0 Å². The van der Waals surface area contributed by atoms with Gasteiger partial charge in [-0.2, -0.15) is 0 Å². The summed E-state index contributed by atoms with van der Waals surface area (Å²) < 4.78 is 0.576. The van der Waals surface area contributed by atoms with E-state index in [0.717, 1.165) is 24.1 Å². The van der Waals surface area contributed by atoms with Crippen LogP contribution in [0.3, 0.4) is 0 Å². The third-order valence-electron chi connectivity index (χ3n) is 3.71. The van der Waals surface area contributed by atoms with E-state index in [9.17, 15) is 4.79 Å². The van der Waals surface area contributed by atoms with E-state index < -0.39 is 0 Å². The van der Waals surface area contributed by atoms with Crippen LogP contribution in [0.25, 0.3) is 0 Å². The number of benzene rings is 1. The summed E-state index contributed by atoms with van der Waals surface area (Å²) in [7, 11) is 2.08. The molecule has 1 aliphatic rings. The van der Waals surface area contributed by atoms with Crippen LogP contribution in [-0.2, 0) is 0 Å². The van der Waals surface area contributed by atoms with Crippen LogP contribution in [0.5, 0.6) is 0 Å². The van der Waals surface area contributed by atoms with Gasteiger partial charge in [0.2, 0.25) is 0 Å². The van der Waals surface area contributed by atoms with Crippen LogP contribution in [0, 0.1) is 6.92 Å². The minimum absolute atomic E-state index is 0.259. The quantitative estimate of drug-likeness (QED) is 0.728. The van der Waals surface area contributed by atoms with E-state index in [1.165, 1.54) is 12.8 Å². The molecule has 2 heteroatoms. The summed E-state index contributed by atoms with van der Waals surface area (Å²) in [5.74, 6) is 0.259. The molecule has 0 aliphatic heterocycles. The molecule has 2 nitrogen and oxygen atoms in total. The monoisotopic (exact) mass is 231 g/mol. The second-order valence-electron chi connectivity index (χ2n) is 5.22. The van der Waals surface area contributed by atoms with Gasteiger partial charge in [-0.15, -0.1) is 0 Å². The normalized spacial score (nSPS) is 18.8. The third-order valence-corrected chi connectivity index (χ3v) is 3.71. The first kappa shape index (κ1) is 12.3. The molecule has 0 spiro atoms. The Morgan fingerprint density at radius 3 is 2.41 bits per heavy atom. The molecule has 1 fully saturated rings. The van der Waals surface area contributed by atoms with Crippen molar-refractivity contribution in [1.29, 1.82) is 0 Å². The van der Waals surface area contributed by atoms with Crippen molar-refractivity contribution in [3.05, 3.63) is 42.3 Å². The zero-order valence-electron chi connectivity index (χ0n) is 10.8. The molecule has 1 atom stereocenters. The van der Waals surface area contributed by atoms with Crippen molar-refractivity contribution >= 4 is 5.91 Å². The van der Waals surface area contributed by atoms with Gasteiger partial charge in [0, 0.05) is 12.8 Å². The third kappa shape index (κ3) is 2.42. The van der Waals surface area contributed by atoms with E-state index >= 15 is 0 Å². The molecule has 1 amide bonds. The molecular formula is C15H21NO+. The number of nitrogens with zero attached hydrogens (tertiary/aromatic N) is 1. The van der Waals surface area contributed by atoms with Crippen LogP contribution in [0.15, 0.2) is 24.3 Å². The maximum Gasteiger partial charge on any atom is 0.345 e. The molecule has 17 heavy (non-hydrogen) atoms. The molecular weight excluding hydrogens is 210 g/mol. The molecule has 0 saturated heterocycles.